The lowest BCUT2D eigenvalue weighted by Gasteiger charge is -2.19. The maximum atomic E-state index is 6.38. The van der Waals surface area contributed by atoms with Crippen molar-refractivity contribution in [3.63, 3.8) is 0 Å². The first kappa shape index (κ1) is 33.1. The average molecular weight is 701 g/mol. The van der Waals surface area contributed by atoms with Gasteiger partial charge in [0.15, 0.2) is 0 Å². The Hall–Kier alpha value is -6.78. The Bertz CT molecular complexity index is 2910. The van der Waals surface area contributed by atoms with Gasteiger partial charge in [-0.3, -0.25) is 0 Å². The van der Waals surface area contributed by atoms with E-state index in [1.54, 1.807) is 6.26 Å². The zero-order valence-corrected chi connectivity index (χ0v) is 30.6. The van der Waals surface area contributed by atoms with Crippen molar-refractivity contribution in [1.29, 1.82) is 0 Å². The summed E-state index contributed by atoms with van der Waals surface area (Å²) in [5, 5.41) is 8.22. The smallest absolute Gasteiger partial charge is 0.135 e. The molecule has 0 aliphatic heterocycles. The van der Waals surface area contributed by atoms with Crippen molar-refractivity contribution in [2.45, 2.75) is 26.2 Å². The first-order valence-electron chi connectivity index (χ1n) is 18.4. The molecule has 54 heavy (non-hydrogen) atoms. The van der Waals surface area contributed by atoms with E-state index in [0.29, 0.717) is 0 Å². The molecule has 3 heterocycles. The van der Waals surface area contributed by atoms with Gasteiger partial charge in [0.05, 0.1) is 17.3 Å². The molecular formula is C50H40N2O2. The third-order valence-corrected chi connectivity index (χ3v) is 10.2. The third kappa shape index (κ3) is 6.02. The number of nitrogens with zero attached hydrogens (tertiary/aromatic N) is 1. The Morgan fingerprint density at radius 3 is 2.15 bits per heavy atom. The number of hydrogen-bond donors (Lipinski definition) is 1. The van der Waals surface area contributed by atoms with Gasteiger partial charge in [-0.05, 0) is 107 Å². The highest BCUT2D eigenvalue weighted by Crippen LogP contribution is 2.38. The third-order valence-electron chi connectivity index (χ3n) is 10.2. The number of aromatic nitrogens is 1. The van der Waals surface area contributed by atoms with E-state index in [-0.39, 0.29) is 5.41 Å². The van der Waals surface area contributed by atoms with Crippen LogP contribution in [0.15, 0.2) is 173 Å². The minimum atomic E-state index is 0.0395. The number of allylic oxidation sites excluding steroid dienone is 1. The van der Waals surface area contributed by atoms with Crippen LogP contribution in [0.1, 0.15) is 43.2 Å². The number of hydrogen-bond acceptors (Lipinski definition) is 3. The van der Waals surface area contributed by atoms with Crippen LogP contribution in [0.2, 0.25) is 0 Å². The highest BCUT2D eigenvalue weighted by Gasteiger charge is 2.19. The van der Waals surface area contributed by atoms with E-state index >= 15 is 0 Å². The number of fused-ring (bicyclic) bond motifs is 5. The molecule has 0 unspecified atom stereocenters. The van der Waals surface area contributed by atoms with Crippen LogP contribution in [-0.4, -0.2) is 4.57 Å². The molecule has 0 saturated heterocycles. The minimum absolute atomic E-state index is 0.0395. The molecule has 0 radical (unpaired) electrons. The van der Waals surface area contributed by atoms with Gasteiger partial charge in [-0.1, -0.05) is 106 Å². The van der Waals surface area contributed by atoms with Crippen molar-refractivity contribution < 1.29 is 8.83 Å². The Morgan fingerprint density at radius 1 is 0.648 bits per heavy atom. The van der Waals surface area contributed by atoms with Gasteiger partial charge in [-0.25, -0.2) is 0 Å². The molecule has 4 heteroatoms. The van der Waals surface area contributed by atoms with Crippen molar-refractivity contribution in [2.24, 2.45) is 0 Å². The molecule has 0 amide bonds. The summed E-state index contributed by atoms with van der Waals surface area (Å²) in [6.45, 7) is 11.0. The highest BCUT2D eigenvalue weighted by atomic mass is 16.3. The van der Waals surface area contributed by atoms with E-state index in [1.807, 2.05) is 54.6 Å². The number of anilines is 1. The SMILES string of the molecule is C=C/C(=C/c1c(/C=C\c2coc3ccccc23)oc2ccccc12)Nc1cccc(-c2ccc3c(c2)c2cc(C(C)(C)C)ccc2n3-c2ccccc2)c1. The van der Waals surface area contributed by atoms with Gasteiger partial charge < -0.3 is 18.7 Å². The second-order valence-corrected chi connectivity index (χ2v) is 14.8. The monoisotopic (exact) mass is 700 g/mol. The van der Waals surface area contributed by atoms with Crippen LogP contribution in [0.5, 0.6) is 0 Å². The summed E-state index contributed by atoms with van der Waals surface area (Å²) in [6, 6.07) is 49.1. The predicted molar refractivity (Wildman–Crippen MR) is 228 cm³/mol. The molecule has 0 aliphatic carbocycles. The standard InChI is InChI=1S/C50H40N2O2/c1-5-37(31-44-41-19-10-12-21-48(41)54-49(44)27-23-35-32-53-47-20-11-9-18-40(35)47)51-38-15-13-14-33(28-38)34-22-25-45-42(29-34)43-30-36(50(2,3)4)24-26-46(43)52(45)39-16-7-6-8-17-39/h5-32,51H,1H2,2-4H3/b27-23-,37-31-. The fraction of sp³-hybridized carbons (Fsp3) is 0.0800. The maximum Gasteiger partial charge on any atom is 0.135 e. The van der Waals surface area contributed by atoms with Gasteiger partial charge in [0.25, 0.3) is 0 Å². The first-order valence-corrected chi connectivity index (χ1v) is 18.4. The Morgan fingerprint density at radius 2 is 1.35 bits per heavy atom. The van der Waals surface area contributed by atoms with Gasteiger partial charge in [-0.15, -0.1) is 0 Å². The van der Waals surface area contributed by atoms with Crippen molar-refractivity contribution >= 4 is 67.7 Å². The molecule has 0 atom stereocenters. The maximum absolute atomic E-state index is 6.38. The van der Waals surface area contributed by atoms with Crippen molar-refractivity contribution in [2.75, 3.05) is 5.32 Å². The summed E-state index contributed by atoms with van der Waals surface area (Å²) in [7, 11) is 0. The molecule has 9 rings (SSSR count). The molecule has 0 saturated carbocycles. The van der Waals surface area contributed by atoms with Gasteiger partial charge in [-0.2, -0.15) is 0 Å². The fourth-order valence-corrected chi connectivity index (χ4v) is 7.42. The predicted octanol–water partition coefficient (Wildman–Crippen LogP) is 14.0. The van der Waals surface area contributed by atoms with Crippen LogP contribution in [0.3, 0.4) is 0 Å². The molecule has 6 aromatic carbocycles. The normalized spacial score (nSPS) is 12.5. The lowest BCUT2D eigenvalue weighted by Crippen LogP contribution is -2.10. The van der Waals surface area contributed by atoms with E-state index in [2.05, 4.69) is 146 Å². The van der Waals surface area contributed by atoms with Crippen LogP contribution in [-0.2, 0) is 5.41 Å². The van der Waals surface area contributed by atoms with Crippen LogP contribution in [0, 0.1) is 0 Å². The summed E-state index contributed by atoms with van der Waals surface area (Å²) in [6.07, 6.45) is 9.80. The summed E-state index contributed by atoms with van der Waals surface area (Å²) in [5.74, 6) is 0.758. The Kier molecular flexibility index (Phi) is 8.16. The van der Waals surface area contributed by atoms with Gasteiger partial charge in [0.2, 0.25) is 0 Å². The van der Waals surface area contributed by atoms with E-state index < -0.39 is 0 Å². The first-order chi connectivity index (χ1) is 26.3. The lowest BCUT2D eigenvalue weighted by molar-refractivity contribution is 0.591. The number of nitrogens with one attached hydrogen (secondary N) is 1. The number of benzene rings is 6. The molecule has 9 aromatic rings. The summed E-state index contributed by atoms with van der Waals surface area (Å²) >= 11 is 0. The fourth-order valence-electron chi connectivity index (χ4n) is 7.42. The van der Waals surface area contributed by atoms with E-state index in [0.717, 1.165) is 67.0 Å². The summed E-state index contributed by atoms with van der Waals surface area (Å²) in [4.78, 5) is 0. The van der Waals surface area contributed by atoms with Gasteiger partial charge >= 0.3 is 0 Å². The molecule has 0 fully saturated rings. The van der Waals surface area contributed by atoms with Crippen molar-refractivity contribution in [3.05, 3.63) is 187 Å². The Balaban J connectivity index is 1.08. The molecule has 0 aliphatic rings. The van der Waals surface area contributed by atoms with Crippen LogP contribution < -0.4 is 5.32 Å². The molecular weight excluding hydrogens is 661 g/mol. The van der Waals surface area contributed by atoms with Crippen molar-refractivity contribution in [1.82, 2.24) is 4.57 Å². The second kappa shape index (κ2) is 13.3. The molecule has 262 valence electrons. The number of furan rings is 2. The van der Waals surface area contributed by atoms with Crippen molar-refractivity contribution in [3.8, 4) is 16.8 Å². The quantitative estimate of drug-likeness (QED) is 0.161. The minimum Gasteiger partial charge on any atom is -0.464 e. The van der Waals surface area contributed by atoms with Crippen LogP contribution in [0.4, 0.5) is 5.69 Å². The molecule has 0 bridgehead atoms. The molecule has 1 N–H and O–H groups in total. The highest BCUT2D eigenvalue weighted by molar-refractivity contribution is 6.11. The second-order valence-electron chi connectivity index (χ2n) is 14.8. The lowest BCUT2D eigenvalue weighted by atomic mass is 9.86. The molecule has 0 spiro atoms. The molecule has 3 aromatic heterocycles. The number of rotatable bonds is 8. The largest absolute Gasteiger partial charge is 0.464 e. The van der Waals surface area contributed by atoms with Gasteiger partial charge in [0, 0.05) is 49.7 Å². The van der Waals surface area contributed by atoms with E-state index in [1.165, 1.54) is 27.4 Å². The van der Waals surface area contributed by atoms with E-state index in [9.17, 15) is 0 Å². The number of para-hydroxylation sites is 3. The average Bonchev–Trinajstić information content (AvgIpc) is 3.88. The summed E-state index contributed by atoms with van der Waals surface area (Å²) < 4.78 is 14.5. The van der Waals surface area contributed by atoms with E-state index in [4.69, 9.17) is 8.83 Å². The van der Waals surface area contributed by atoms with Gasteiger partial charge in [0.1, 0.15) is 16.9 Å². The molecule has 4 nitrogen and oxygen atoms in total. The Labute approximate surface area is 315 Å². The summed E-state index contributed by atoms with van der Waals surface area (Å²) in [5.41, 5.74) is 12.7. The zero-order valence-electron chi connectivity index (χ0n) is 30.6. The zero-order chi connectivity index (χ0) is 36.8. The van der Waals surface area contributed by atoms with Crippen LogP contribution >= 0.6 is 0 Å². The topological polar surface area (TPSA) is 43.2 Å². The van der Waals surface area contributed by atoms with Crippen LogP contribution in [0.25, 0.3) is 78.8 Å².